The van der Waals surface area contributed by atoms with Crippen molar-refractivity contribution in [2.24, 2.45) is 0 Å². The minimum Gasteiger partial charge on any atom is -0.337 e. The van der Waals surface area contributed by atoms with Crippen molar-refractivity contribution in [2.75, 3.05) is 19.6 Å². The highest BCUT2D eigenvalue weighted by Crippen LogP contribution is 2.30. The summed E-state index contributed by atoms with van der Waals surface area (Å²) in [6, 6.07) is 8.28. The number of piperidine rings is 1. The van der Waals surface area contributed by atoms with Crippen molar-refractivity contribution in [1.29, 1.82) is 0 Å². The summed E-state index contributed by atoms with van der Waals surface area (Å²) in [6.45, 7) is 4.50. The highest BCUT2D eigenvalue weighted by Gasteiger charge is 2.44. The third-order valence-corrected chi connectivity index (χ3v) is 4.70. The van der Waals surface area contributed by atoms with Gasteiger partial charge in [-0.1, -0.05) is 12.1 Å². The fourth-order valence-electron chi connectivity index (χ4n) is 3.38. The predicted molar refractivity (Wildman–Crippen MR) is 97.0 cm³/mol. The molecule has 1 aliphatic heterocycles. The molecule has 0 bridgehead atoms. The van der Waals surface area contributed by atoms with Gasteiger partial charge in [-0.3, -0.25) is 9.48 Å². The number of benzene rings is 1. The summed E-state index contributed by atoms with van der Waals surface area (Å²) < 4.78 is 15.2. The summed E-state index contributed by atoms with van der Waals surface area (Å²) in [5, 5.41) is 7.66. The number of carbonyl (C=O) groups is 1. The third kappa shape index (κ3) is 4.02. The lowest BCUT2D eigenvalue weighted by molar-refractivity contribution is -0.143. The zero-order valence-corrected chi connectivity index (χ0v) is 15.1. The summed E-state index contributed by atoms with van der Waals surface area (Å²) in [7, 11) is 0. The first-order valence-corrected chi connectivity index (χ1v) is 8.40. The standard InChI is InChI=1S/C18H23FN4O.ClH/c1-2-22(14-15-5-3-6-16(19)13-15)17(24)18(7-10-20-11-8-18)23-12-4-9-21-23;/h3-6,9,12-13,20H,2,7-8,10-11,14H2,1H3;1H. The summed E-state index contributed by atoms with van der Waals surface area (Å²) in [5.41, 5.74) is 0.146. The van der Waals surface area contributed by atoms with Gasteiger partial charge in [-0.25, -0.2) is 4.39 Å². The molecule has 1 amide bonds. The van der Waals surface area contributed by atoms with Crippen molar-refractivity contribution in [3.63, 3.8) is 0 Å². The molecule has 1 aromatic carbocycles. The van der Waals surface area contributed by atoms with E-state index in [1.54, 1.807) is 21.8 Å². The monoisotopic (exact) mass is 366 g/mol. The number of nitrogens with zero attached hydrogens (tertiary/aromatic N) is 3. The molecule has 1 aromatic heterocycles. The van der Waals surface area contributed by atoms with E-state index in [0.29, 0.717) is 25.9 Å². The molecular formula is C18H24ClFN4O. The van der Waals surface area contributed by atoms with E-state index in [1.807, 2.05) is 25.3 Å². The molecule has 1 saturated heterocycles. The van der Waals surface area contributed by atoms with Crippen LogP contribution < -0.4 is 5.32 Å². The Hall–Kier alpha value is -1.92. The molecule has 1 fully saturated rings. The van der Waals surface area contributed by atoms with Gasteiger partial charge in [0.25, 0.3) is 5.91 Å². The molecule has 0 unspecified atom stereocenters. The Morgan fingerprint density at radius 2 is 2.12 bits per heavy atom. The number of rotatable bonds is 5. The van der Waals surface area contributed by atoms with Crippen molar-refractivity contribution in [1.82, 2.24) is 20.0 Å². The molecule has 0 saturated carbocycles. The molecule has 2 aromatic rings. The van der Waals surface area contributed by atoms with Crippen molar-refractivity contribution in [2.45, 2.75) is 31.8 Å². The normalized spacial score (nSPS) is 16.1. The smallest absolute Gasteiger partial charge is 0.250 e. The first-order chi connectivity index (χ1) is 11.7. The Morgan fingerprint density at radius 3 is 2.72 bits per heavy atom. The molecule has 3 rings (SSSR count). The van der Waals surface area contributed by atoms with E-state index in [1.165, 1.54) is 12.1 Å². The van der Waals surface area contributed by atoms with Crippen LogP contribution in [0.3, 0.4) is 0 Å². The second kappa shape index (κ2) is 8.45. The molecule has 2 heterocycles. The van der Waals surface area contributed by atoms with E-state index < -0.39 is 5.54 Å². The van der Waals surface area contributed by atoms with Gasteiger partial charge >= 0.3 is 0 Å². The number of carbonyl (C=O) groups excluding carboxylic acids is 1. The maximum atomic E-state index is 13.5. The van der Waals surface area contributed by atoms with Crippen LogP contribution >= 0.6 is 12.4 Å². The molecule has 0 spiro atoms. The number of aromatic nitrogens is 2. The summed E-state index contributed by atoms with van der Waals surface area (Å²) >= 11 is 0. The average molecular weight is 367 g/mol. The minimum atomic E-state index is -0.655. The highest BCUT2D eigenvalue weighted by molar-refractivity contribution is 5.85. The predicted octanol–water partition coefficient (Wildman–Crippen LogP) is 2.57. The van der Waals surface area contributed by atoms with Crippen molar-refractivity contribution >= 4 is 18.3 Å². The largest absolute Gasteiger partial charge is 0.337 e. The Kier molecular flexibility index (Phi) is 6.56. The van der Waals surface area contributed by atoms with Gasteiger partial charge in [0.05, 0.1) is 0 Å². The van der Waals surface area contributed by atoms with Gasteiger partial charge in [0, 0.05) is 25.5 Å². The van der Waals surface area contributed by atoms with Gasteiger partial charge in [-0.2, -0.15) is 5.10 Å². The fourth-order valence-corrected chi connectivity index (χ4v) is 3.38. The number of amides is 1. The minimum absolute atomic E-state index is 0. The van der Waals surface area contributed by atoms with Crippen LogP contribution in [0.15, 0.2) is 42.7 Å². The van der Waals surface area contributed by atoms with E-state index in [0.717, 1.165) is 18.7 Å². The van der Waals surface area contributed by atoms with E-state index in [2.05, 4.69) is 10.4 Å². The Balaban J connectivity index is 0.00000225. The van der Waals surface area contributed by atoms with E-state index in [4.69, 9.17) is 0 Å². The zero-order chi connectivity index (χ0) is 17.0. The highest BCUT2D eigenvalue weighted by atomic mass is 35.5. The topological polar surface area (TPSA) is 50.2 Å². The molecule has 0 radical (unpaired) electrons. The first kappa shape index (κ1) is 19.4. The molecule has 25 heavy (non-hydrogen) atoms. The Bertz CT molecular complexity index is 686. The van der Waals surface area contributed by atoms with E-state index in [9.17, 15) is 9.18 Å². The molecule has 7 heteroatoms. The van der Waals surface area contributed by atoms with Gasteiger partial charge < -0.3 is 10.2 Å². The maximum absolute atomic E-state index is 13.5. The molecule has 136 valence electrons. The van der Waals surface area contributed by atoms with Crippen LogP contribution in [0.2, 0.25) is 0 Å². The van der Waals surface area contributed by atoms with Gasteiger partial charge in [-0.15, -0.1) is 12.4 Å². The zero-order valence-electron chi connectivity index (χ0n) is 14.3. The molecule has 1 N–H and O–H groups in total. The first-order valence-electron chi connectivity index (χ1n) is 8.40. The summed E-state index contributed by atoms with van der Waals surface area (Å²) in [5.74, 6) is -0.223. The second-order valence-corrected chi connectivity index (χ2v) is 6.18. The van der Waals surface area contributed by atoms with Crippen LogP contribution in [0.25, 0.3) is 0 Å². The van der Waals surface area contributed by atoms with E-state index in [-0.39, 0.29) is 24.1 Å². The maximum Gasteiger partial charge on any atom is 0.250 e. The molecule has 0 atom stereocenters. The van der Waals surface area contributed by atoms with Crippen molar-refractivity contribution < 1.29 is 9.18 Å². The second-order valence-electron chi connectivity index (χ2n) is 6.18. The Morgan fingerprint density at radius 1 is 1.36 bits per heavy atom. The van der Waals surface area contributed by atoms with Crippen LogP contribution in [-0.2, 0) is 16.9 Å². The van der Waals surface area contributed by atoms with E-state index >= 15 is 0 Å². The van der Waals surface area contributed by atoms with Gasteiger partial charge in [-0.05, 0) is 56.6 Å². The summed E-state index contributed by atoms with van der Waals surface area (Å²) in [6.07, 6.45) is 4.97. The lowest BCUT2D eigenvalue weighted by atomic mass is 9.86. The average Bonchev–Trinajstić information content (AvgIpc) is 3.15. The molecule has 1 aliphatic rings. The lowest BCUT2D eigenvalue weighted by Gasteiger charge is -2.40. The Labute approximate surface area is 153 Å². The third-order valence-electron chi connectivity index (χ3n) is 4.70. The number of halogens is 2. The molecular weight excluding hydrogens is 343 g/mol. The van der Waals surface area contributed by atoms with Gasteiger partial charge in [0.2, 0.25) is 0 Å². The number of hydrogen-bond acceptors (Lipinski definition) is 3. The van der Waals surface area contributed by atoms with Crippen LogP contribution in [-0.4, -0.2) is 40.2 Å². The molecule has 5 nitrogen and oxygen atoms in total. The number of likely N-dealkylation sites (N-methyl/N-ethyl adjacent to an activating group) is 1. The van der Waals surface area contributed by atoms with Crippen LogP contribution in [0.1, 0.15) is 25.3 Å². The number of hydrogen-bond donors (Lipinski definition) is 1. The van der Waals surface area contributed by atoms with Crippen molar-refractivity contribution in [3.05, 3.63) is 54.1 Å². The van der Waals surface area contributed by atoms with Crippen LogP contribution in [0.5, 0.6) is 0 Å². The van der Waals surface area contributed by atoms with Gasteiger partial charge in [0.15, 0.2) is 0 Å². The molecule has 0 aliphatic carbocycles. The number of nitrogens with one attached hydrogen (secondary N) is 1. The van der Waals surface area contributed by atoms with Crippen LogP contribution in [0, 0.1) is 5.82 Å². The van der Waals surface area contributed by atoms with Crippen LogP contribution in [0.4, 0.5) is 4.39 Å². The van der Waals surface area contributed by atoms with Gasteiger partial charge in [0.1, 0.15) is 11.4 Å². The SMILES string of the molecule is CCN(Cc1cccc(F)c1)C(=O)C1(n2cccn2)CCNCC1.Cl. The quantitative estimate of drug-likeness (QED) is 0.884. The fraction of sp³-hybridized carbons (Fsp3) is 0.444. The van der Waals surface area contributed by atoms with Crippen molar-refractivity contribution in [3.8, 4) is 0 Å². The lowest BCUT2D eigenvalue weighted by Crippen LogP contribution is -2.55. The summed E-state index contributed by atoms with van der Waals surface area (Å²) in [4.78, 5) is 15.2.